The molecule has 0 radical (unpaired) electrons. The van der Waals surface area contributed by atoms with E-state index in [1.807, 2.05) is 6.92 Å². The first-order chi connectivity index (χ1) is 8.43. The predicted molar refractivity (Wildman–Crippen MR) is 75.1 cm³/mol. The highest BCUT2D eigenvalue weighted by molar-refractivity contribution is 9.10. The second-order valence-electron chi connectivity index (χ2n) is 4.75. The van der Waals surface area contributed by atoms with E-state index in [0.717, 1.165) is 12.8 Å². The van der Waals surface area contributed by atoms with Crippen molar-refractivity contribution in [1.82, 2.24) is 5.32 Å². The lowest BCUT2D eigenvalue weighted by molar-refractivity contribution is 0.0931. The highest BCUT2D eigenvalue weighted by atomic mass is 79.9. The van der Waals surface area contributed by atoms with Crippen LogP contribution >= 0.6 is 15.9 Å². The van der Waals surface area contributed by atoms with Gasteiger partial charge in [-0.3, -0.25) is 4.79 Å². The van der Waals surface area contributed by atoms with Gasteiger partial charge in [-0.05, 0) is 37.5 Å². The van der Waals surface area contributed by atoms with Gasteiger partial charge >= 0.3 is 0 Å². The molecule has 2 atom stereocenters. The molecule has 0 bridgehead atoms. The minimum absolute atomic E-state index is 0.0514. The second-order valence-corrected chi connectivity index (χ2v) is 5.66. The van der Waals surface area contributed by atoms with E-state index in [-0.39, 0.29) is 17.5 Å². The molecule has 1 aromatic rings. The number of rotatable bonds is 5. The first-order valence-electron chi connectivity index (χ1n) is 6.20. The molecule has 0 fully saturated rings. The zero-order valence-electron chi connectivity index (χ0n) is 11.0. The maximum absolute atomic E-state index is 13.6. The third kappa shape index (κ3) is 4.41. The summed E-state index contributed by atoms with van der Waals surface area (Å²) >= 11 is 3.17. The molecule has 0 aliphatic heterocycles. The highest BCUT2D eigenvalue weighted by Gasteiger charge is 2.15. The zero-order chi connectivity index (χ0) is 13.7. The lowest BCUT2D eigenvalue weighted by atomic mass is 10.00. The van der Waals surface area contributed by atoms with Crippen LogP contribution in [0.15, 0.2) is 22.7 Å². The van der Waals surface area contributed by atoms with Gasteiger partial charge in [0.05, 0.1) is 5.56 Å². The summed E-state index contributed by atoms with van der Waals surface area (Å²) in [6, 6.07) is 4.51. The van der Waals surface area contributed by atoms with Crippen LogP contribution in [0.2, 0.25) is 0 Å². The Kier molecular flexibility index (Phi) is 5.79. The van der Waals surface area contributed by atoms with Crippen LogP contribution in [0.1, 0.15) is 44.0 Å². The van der Waals surface area contributed by atoms with Crippen LogP contribution in [0.4, 0.5) is 4.39 Å². The van der Waals surface area contributed by atoms with Gasteiger partial charge in [-0.15, -0.1) is 0 Å². The molecule has 4 heteroatoms. The molecular weight excluding hydrogens is 297 g/mol. The maximum Gasteiger partial charge on any atom is 0.254 e. The molecule has 0 spiro atoms. The molecule has 1 N–H and O–H groups in total. The summed E-state index contributed by atoms with van der Waals surface area (Å²) in [5, 5.41) is 2.83. The topological polar surface area (TPSA) is 29.1 Å². The quantitative estimate of drug-likeness (QED) is 0.869. The molecule has 0 saturated carbocycles. The second kappa shape index (κ2) is 6.88. The van der Waals surface area contributed by atoms with E-state index in [1.54, 1.807) is 6.07 Å². The molecular formula is C14H19BrFNO. The van der Waals surface area contributed by atoms with Crippen LogP contribution in [0.5, 0.6) is 0 Å². The third-order valence-electron chi connectivity index (χ3n) is 3.01. The number of amides is 1. The smallest absolute Gasteiger partial charge is 0.254 e. The first-order valence-corrected chi connectivity index (χ1v) is 6.99. The fourth-order valence-corrected chi connectivity index (χ4v) is 2.14. The van der Waals surface area contributed by atoms with Gasteiger partial charge in [-0.2, -0.15) is 0 Å². The number of hydrogen-bond acceptors (Lipinski definition) is 1. The van der Waals surface area contributed by atoms with Crippen LogP contribution in [0, 0.1) is 11.7 Å². The predicted octanol–water partition coefficient (Wildman–Crippen LogP) is 4.14. The Labute approximate surface area is 116 Å². The molecule has 0 aromatic heterocycles. The maximum atomic E-state index is 13.6. The number of carbonyl (C=O) groups is 1. The van der Waals surface area contributed by atoms with Gasteiger partial charge in [-0.1, -0.05) is 36.2 Å². The Morgan fingerprint density at radius 1 is 1.44 bits per heavy atom. The van der Waals surface area contributed by atoms with Crippen LogP contribution < -0.4 is 5.32 Å². The number of benzene rings is 1. The molecule has 2 nitrogen and oxygen atoms in total. The minimum atomic E-state index is -0.502. The molecule has 1 aromatic carbocycles. The average Bonchev–Trinajstić information content (AvgIpc) is 2.28. The Balaban J connectivity index is 2.65. The molecule has 18 heavy (non-hydrogen) atoms. The fraction of sp³-hybridized carbons (Fsp3) is 0.500. The summed E-state index contributed by atoms with van der Waals surface area (Å²) in [5.74, 6) is -0.302. The van der Waals surface area contributed by atoms with Crippen molar-refractivity contribution in [3.05, 3.63) is 34.1 Å². The largest absolute Gasteiger partial charge is 0.349 e. The molecule has 0 saturated heterocycles. The Bertz CT molecular complexity index is 422. The summed E-state index contributed by atoms with van der Waals surface area (Å²) in [6.45, 7) is 6.21. The molecule has 1 rings (SSSR count). The third-order valence-corrected chi connectivity index (χ3v) is 3.50. The normalized spacial score (nSPS) is 14.1. The molecule has 100 valence electrons. The van der Waals surface area contributed by atoms with E-state index in [1.165, 1.54) is 12.1 Å². The number of carbonyl (C=O) groups excluding carboxylic acids is 1. The van der Waals surface area contributed by atoms with Crippen molar-refractivity contribution in [2.45, 2.75) is 39.7 Å². The summed E-state index contributed by atoms with van der Waals surface area (Å²) in [6.07, 6.45) is 1.98. The van der Waals surface area contributed by atoms with Gasteiger partial charge in [-0.25, -0.2) is 4.39 Å². The first kappa shape index (κ1) is 15.2. The van der Waals surface area contributed by atoms with Crippen molar-refractivity contribution >= 4 is 21.8 Å². The van der Waals surface area contributed by atoms with Crippen molar-refractivity contribution < 1.29 is 9.18 Å². The minimum Gasteiger partial charge on any atom is -0.349 e. The Hall–Kier alpha value is -0.900. The van der Waals surface area contributed by atoms with Crippen LogP contribution in [0.25, 0.3) is 0 Å². The van der Waals surface area contributed by atoms with Gasteiger partial charge in [0.2, 0.25) is 0 Å². The lowest BCUT2D eigenvalue weighted by Gasteiger charge is -2.17. The van der Waals surface area contributed by atoms with Gasteiger partial charge < -0.3 is 5.32 Å². The van der Waals surface area contributed by atoms with E-state index in [4.69, 9.17) is 0 Å². The number of halogens is 2. The fourth-order valence-electron chi connectivity index (χ4n) is 1.80. The molecule has 0 aliphatic carbocycles. The summed E-state index contributed by atoms with van der Waals surface area (Å²) < 4.78 is 14.2. The molecule has 0 heterocycles. The Morgan fingerprint density at radius 2 is 2.11 bits per heavy atom. The van der Waals surface area contributed by atoms with Crippen molar-refractivity contribution in [2.24, 2.45) is 5.92 Å². The Morgan fingerprint density at radius 3 is 2.67 bits per heavy atom. The summed E-state index contributed by atoms with van der Waals surface area (Å²) in [7, 11) is 0. The standard InChI is InChI=1S/C14H19BrFNO/c1-4-9(2)7-10(3)17-14(18)12-6-5-11(15)8-13(12)16/h5-6,8-10H,4,7H2,1-3H3,(H,17,18). The van der Waals surface area contributed by atoms with Crippen LogP contribution in [0.3, 0.4) is 0 Å². The van der Waals surface area contributed by atoms with Gasteiger partial charge in [0.1, 0.15) is 5.82 Å². The lowest BCUT2D eigenvalue weighted by Crippen LogP contribution is -2.34. The van der Waals surface area contributed by atoms with Crippen molar-refractivity contribution in [3.63, 3.8) is 0 Å². The number of hydrogen-bond donors (Lipinski definition) is 1. The van der Waals surface area contributed by atoms with Crippen molar-refractivity contribution in [1.29, 1.82) is 0 Å². The van der Waals surface area contributed by atoms with Gasteiger partial charge in [0.15, 0.2) is 0 Å². The SMILES string of the molecule is CCC(C)CC(C)NC(=O)c1ccc(Br)cc1F. The average molecular weight is 316 g/mol. The van der Waals surface area contributed by atoms with Crippen LogP contribution in [-0.2, 0) is 0 Å². The van der Waals surface area contributed by atoms with E-state index < -0.39 is 5.82 Å². The molecule has 2 unspecified atom stereocenters. The van der Waals surface area contributed by atoms with E-state index in [0.29, 0.717) is 10.4 Å². The molecule has 1 amide bonds. The van der Waals surface area contributed by atoms with E-state index in [9.17, 15) is 9.18 Å². The van der Waals surface area contributed by atoms with E-state index in [2.05, 4.69) is 35.1 Å². The van der Waals surface area contributed by atoms with Gasteiger partial charge in [0, 0.05) is 10.5 Å². The summed E-state index contributed by atoms with van der Waals surface area (Å²) in [4.78, 5) is 11.9. The van der Waals surface area contributed by atoms with Gasteiger partial charge in [0.25, 0.3) is 5.91 Å². The summed E-state index contributed by atoms with van der Waals surface area (Å²) in [5.41, 5.74) is 0.0919. The molecule has 0 aliphatic rings. The van der Waals surface area contributed by atoms with Crippen molar-refractivity contribution in [3.8, 4) is 0 Å². The monoisotopic (exact) mass is 315 g/mol. The van der Waals surface area contributed by atoms with Crippen LogP contribution in [-0.4, -0.2) is 11.9 Å². The number of nitrogens with one attached hydrogen (secondary N) is 1. The van der Waals surface area contributed by atoms with Crippen molar-refractivity contribution in [2.75, 3.05) is 0 Å². The highest BCUT2D eigenvalue weighted by Crippen LogP contribution is 2.16. The zero-order valence-corrected chi connectivity index (χ0v) is 12.6. The van der Waals surface area contributed by atoms with E-state index >= 15 is 0 Å².